The summed E-state index contributed by atoms with van der Waals surface area (Å²) in [7, 11) is 0. The second-order valence-corrected chi connectivity index (χ2v) is 7.61. The van der Waals surface area contributed by atoms with E-state index in [1.807, 2.05) is 6.92 Å². The Hall–Kier alpha value is -1.51. The Morgan fingerprint density at radius 1 is 1.38 bits per heavy atom. The van der Waals surface area contributed by atoms with E-state index < -0.39 is 0 Å². The molecule has 1 unspecified atom stereocenters. The zero-order chi connectivity index (χ0) is 17.1. The van der Waals surface area contributed by atoms with Crippen LogP contribution in [-0.2, 0) is 4.74 Å². The van der Waals surface area contributed by atoms with Gasteiger partial charge in [-0.1, -0.05) is 25.2 Å². The van der Waals surface area contributed by atoms with Crippen molar-refractivity contribution in [2.45, 2.75) is 33.2 Å². The third kappa shape index (κ3) is 4.12. The fraction of sp³-hybridized carbons (Fsp3) is 0.688. The van der Waals surface area contributed by atoms with Crippen LogP contribution in [0.2, 0.25) is 0 Å². The van der Waals surface area contributed by atoms with Gasteiger partial charge in [-0.25, -0.2) is 4.98 Å². The molecule has 0 spiro atoms. The molecular formula is C16H25N5O2S. The summed E-state index contributed by atoms with van der Waals surface area (Å²) in [6, 6.07) is 1.94. The molecule has 1 aliphatic rings. The summed E-state index contributed by atoms with van der Waals surface area (Å²) in [6.07, 6.45) is 1.12. The van der Waals surface area contributed by atoms with Crippen molar-refractivity contribution in [2.24, 2.45) is 5.92 Å². The fourth-order valence-electron chi connectivity index (χ4n) is 3.05. The van der Waals surface area contributed by atoms with Gasteiger partial charge in [0.15, 0.2) is 0 Å². The van der Waals surface area contributed by atoms with Crippen molar-refractivity contribution >= 4 is 21.4 Å². The van der Waals surface area contributed by atoms with Gasteiger partial charge in [0, 0.05) is 37.4 Å². The molecule has 8 heteroatoms. The molecule has 0 bridgehead atoms. The quantitative estimate of drug-likeness (QED) is 0.853. The van der Waals surface area contributed by atoms with Gasteiger partial charge in [0.2, 0.25) is 10.1 Å². The van der Waals surface area contributed by atoms with Crippen LogP contribution in [0.5, 0.6) is 0 Å². The van der Waals surface area contributed by atoms with Crippen LogP contribution >= 0.6 is 11.3 Å². The molecule has 2 aromatic rings. The second-order valence-electron chi connectivity index (χ2n) is 6.65. The maximum atomic E-state index is 12.0. The van der Waals surface area contributed by atoms with E-state index in [-0.39, 0.29) is 5.56 Å². The first-order chi connectivity index (χ1) is 11.5. The highest BCUT2D eigenvalue weighted by Crippen LogP contribution is 2.19. The van der Waals surface area contributed by atoms with E-state index in [1.165, 1.54) is 21.9 Å². The molecule has 132 valence electrons. The van der Waals surface area contributed by atoms with Gasteiger partial charge in [-0.15, -0.1) is 5.10 Å². The van der Waals surface area contributed by atoms with Crippen LogP contribution < -0.4 is 10.9 Å². The van der Waals surface area contributed by atoms with E-state index >= 15 is 0 Å². The Kier molecular flexibility index (Phi) is 5.47. The summed E-state index contributed by atoms with van der Waals surface area (Å²) in [4.78, 5) is 19.5. The van der Waals surface area contributed by atoms with E-state index in [0.717, 1.165) is 50.1 Å². The average molecular weight is 351 g/mol. The third-order valence-electron chi connectivity index (χ3n) is 4.17. The first kappa shape index (κ1) is 17.3. The Labute approximate surface area is 145 Å². The molecule has 7 nitrogen and oxygen atoms in total. The summed E-state index contributed by atoms with van der Waals surface area (Å²) in [5.41, 5.74) is 0.593. The van der Waals surface area contributed by atoms with Gasteiger partial charge in [0.1, 0.15) is 0 Å². The zero-order valence-electron chi connectivity index (χ0n) is 14.5. The lowest BCUT2D eigenvalue weighted by atomic mass is 10.0. The van der Waals surface area contributed by atoms with Gasteiger partial charge >= 0.3 is 0 Å². The maximum absolute atomic E-state index is 12.0. The molecular weight excluding hydrogens is 326 g/mol. The summed E-state index contributed by atoms with van der Waals surface area (Å²) in [5, 5.41) is 8.51. The van der Waals surface area contributed by atoms with Crippen LogP contribution in [0.3, 0.4) is 0 Å². The lowest BCUT2D eigenvalue weighted by Gasteiger charge is -2.35. The van der Waals surface area contributed by atoms with Crippen LogP contribution in [0.4, 0.5) is 5.13 Å². The van der Waals surface area contributed by atoms with Crippen molar-refractivity contribution in [3.05, 3.63) is 22.1 Å². The molecule has 3 rings (SSSR count). The monoisotopic (exact) mass is 351 g/mol. The predicted octanol–water partition coefficient (Wildman–Crippen LogP) is 1.62. The van der Waals surface area contributed by atoms with Crippen molar-refractivity contribution in [1.82, 2.24) is 19.5 Å². The van der Waals surface area contributed by atoms with Gasteiger partial charge in [-0.3, -0.25) is 9.69 Å². The number of aromatic nitrogens is 3. The van der Waals surface area contributed by atoms with E-state index in [0.29, 0.717) is 16.9 Å². The summed E-state index contributed by atoms with van der Waals surface area (Å²) in [6.45, 7) is 10.7. The minimum absolute atomic E-state index is 0.131. The Morgan fingerprint density at radius 2 is 2.12 bits per heavy atom. The number of rotatable bonds is 6. The zero-order valence-corrected chi connectivity index (χ0v) is 15.3. The maximum Gasteiger partial charge on any atom is 0.275 e. The van der Waals surface area contributed by atoms with E-state index in [4.69, 9.17) is 4.74 Å². The van der Waals surface area contributed by atoms with Gasteiger partial charge < -0.3 is 10.1 Å². The molecule has 0 aromatic carbocycles. The molecule has 1 saturated heterocycles. The molecule has 1 N–H and O–H groups in total. The van der Waals surface area contributed by atoms with Crippen LogP contribution in [0.1, 0.15) is 26.0 Å². The SMILES string of the molecule is Cc1cc(=O)n2nc(NCC(CC(C)C)N3CCOCC3)sc2n1. The number of fused-ring (bicyclic) bond motifs is 1. The first-order valence-corrected chi connectivity index (χ1v) is 9.28. The lowest BCUT2D eigenvalue weighted by molar-refractivity contribution is 0.0151. The van der Waals surface area contributed by atoms with E-state index in [2.05, 4.69) is 34.1 Å². The van der Waals surface area contributed by atoms with Crippen LogP contribution in [0.25, 0.3) is 4.96 Å². The second kappa shape index (κ2) is 7.58. The average Bonchev–Trinajstić information content (AvgIpc) is 2.95. The van der Waals surface area contributed by atoms with E-state index in [9.17, 15) is 4.79 Å². The molecule has 0 aliphatic carbocycles. The van der Waals surface area contributed by atoms with Crippen molar-refractivity contribution < 1.29 is 4.74 Å². The molecule has 0 saturated carbocycles. The minimum Gasteiger partial charge on any atom is -0.379 e. The number of ether oxygens (including phenoxy) is 1. The van der Waals surface area contributed by atoms with E-state index in [1.54, 1.807) is 0 Å². The topological polar surface area (TPSA) is 71.8 Å². The molecule has 1 fully saturated rings. The van der Waals surface area contributed by atoms with Crippen molar-refractivity contribution in [1.29, 1.82) is 0 Å². The van der Waals surface area contributed by atoms with Crippen LogP contribution in [0, 0.1) is 12.8 Å². The normalized spacial score (nSPS) is 17.5. The standard InChI is InChI=1S/C16H25N5O2S/c1-11(2)8-13(20-4-6-23-7-5-20)10-17-15-19-21-14(22)9-12(3)18-16(21)24-15/h9,11,13H,4-8,10H2,1-3H3,(H,17,19). The Morgan fingerprint density at radius 3 is 2.83 bits per heavy atom. The third-order valence-corrected chi connectivity index (χ3v) is 5.03. The van der Waals surface area contributed by atoms with Gasteiger partial charge in [-0.05, 0) is 19.3 Å². The number of anilines is 1. The van der Waals surface area contributed by atoms with Crippen LogP contribution in [0.15, 0.2) is 10.9 Å². The Balaban J connectivity index is 1.71. The number of hydrogen-bond acceptors (Lipinski definition) is 7. The first-order valence-electron chi connectivity index (χ1n) is 8.46. The highest BCUT2D eigenvalue weighted by atomic mass is 32.1. The minimum atomic E-state index is -0.131. The summed E-state index contributed by atoms with van der Waals surface area (Å²) < 4.78 is 6.83. The van der Waals surface area contributed by atoms with Gasteiger partial charge in [0.05, 0.1) is 13.2 Å². The summed E-state index contributed by atoms with van der Waals surface area (Å²) >= 11 is 1.42. The van der Waals surface area contributed by atoms with Crippen molar-refractivity contribution in [3.63, 3.8) is 0 Å². The number of aryl methyl sites for hydroxylation is 1. The van der Waals surface area contributed by atoms with Crippen molar-refractivity contribution in [3.8, 4) is 0 Å². The lowest BCUT2D eigenvalue weighted by Crippen LogP contribution is -2.47. The number of nitrogens with zero attached hydrogens (tertiary/aromatic N) is 4. The molecule has 3 heterocycles. The summed E-state index contributed by atoms with van der Waals surface area (Å²) in [5.74, 6) is 0.627. The number of hydrogen-bond donors (Lipinski definition) is 1. The number of morpholine rings is 1. The highest BCUT2D eigenvalue weighted by Gasteiger charge is 2.22. The number of nitrogens with one attached hydrogen (secondary N) is 1. The molecule has 0 amide bonds. The molecule has 1 aliphatic heterocycles. The molecule has 2 aromatic heterocycles. The van der Waals surface area contributed by atoms with Gasteiger partial charge in [-0.2, -0.15) is 4.52 Å². The predicted molar refractivity (Wildman–Crippen MR) is 96.0 cm³/mol. The highest BCUT2D eigenvalue weighted by molar-refractivity contribution is 7.20. The van der Waals surface area contributed by atoms with Crippen LogP contribution in [-0.4, -0.2) is 58.4 Å². The Bertz CT molecular complexity index is 736. The smallest absolute Gasteiger partial charge is 0.275 e. The fourth-order valence-corrected chi connectivity index (χ4v) is 3.90. The van der Waals surface area contributed by atoms with Gasteiger partial charge in [0.25, 0.3) is 5.56 Å². The molecule has 0 radical (unpaired) electrons. The molecule has 24 heavy (non-hydrogen) atoms. The largest absolute Gasteiger partial charge is 0.379 e. The van der Waals surface area contributed by atoms with Crippen molar-refractivity contribution in [2.75, 3.05) is 38.2 Å². The molecule has 1 atom stereocenters.